The minimum absolute atomic E-state index is 0. The van der Waals surface area contributed by atoms with Crippen LogP contribution >= 0.6 is 0 Å². The van der Waals surface area contributed by atoms with Gasteiger partial charge in [-0.3, -0.25) is 0 Å². The summed E-state index contributed by atoms with van der Waals surface area (Å²) in [7, 11) is -0.0435. The molecule has 0 aliphatic carbocycles. The van der Waals surface area contributed by atoms with Crippen LogP contribution in [0.5, 0.6) is 0 Å². The van der Waals surface area contributed by atoms with Crippen molar-refractivity contribution in [2.45, 2.75) is 35.5 Å². The lowest BCUT2D eigenvalue weighted by Gasteiger charge is -2.11. The topological polar surface area (TPSA) is 0 Å². The van der Waals surface area contributed by atoms with Crippen LogP contribution in [0.25, 0.3) is 0 Å². The van der Waals surface area contributed by atoms with E-state index in [0.29, 0.717) is 0 Å². The third-order valence-electron chi connectivity index (χ3n) is 4.09. The standard InChI is InChI=1S/C21H21S.BrH/c1-16-14-21(15-17(2)18(16)3)22(19-10-6-4-7-11-19)20-12-8-5-9-13-20;/h4-15H,1-3H3;1H/q+1;/p-1. The van der Waals surface area contributed by atoms with Crippen LogP contribution in [0.4, 0.5) is 0 Å². The van der Waals surface area contributed by atoms with Gasteiger partial charge in [-0.15, -0.1) is 0 Å². The van der Waals surface area contributed by atoms with Gasteiger partial charge < -0.3 is 17.0 Å². The van der Waals surface area contributed by atoms with Crippen LogP contribution in [0.2, 0.25) is 0 Å². The Labute approximate surface area is 152 Å². The molecule has 0 amide bonds. The molecule has 0 aromatic heterocycles. The first-order valence-electron chi connectivity index (χ1n) is 7.59. The molecule has 3 rings (SSSR count). The van der Waals surface area contributed by atoms with E-state index in [2.05, 4.69) is 93.6 Å². The van der Waals surface area contributed by atoms with Crippen LogP contribution in [0.15, 0.2) is 87.5 Å². The van der Waals surface area contributed by atoms with Crippen molar-refractivity contribution in [1.82, 2.24) is 0 Å². The molecule has 0 aliphatic heterocycles. The van der Waals surface area contributed by atoms with Gasteiger partial charge in [0.05, 0.1) is 10.9 Å². The zero-order chi connectivity index (χ0) is 15.5. The largest absolute Gasteiger partial charge is 1.00 e. The second-order valence-electron chi connectivity index (χ2n) is 5.61. The van der Waals surface area contributed by atoms with Crippen molar-refractivity contribution in [3.05, 3.63) is 89.5 Å². The Balaban J connectivity index is 0.00000192. The highest BCUT2D eigenvalue weighted by Crippen LogP contribution is 2.32. The smallest absolute Gasteiger partial charge is 0.167 e. The molecule has 0 saturated heterocycles. The van der Waals surface area contributed by atoms with Gasteiger partial charge in [-0.1, -0.05) is 36.4 Å². The SMILES string of the molecule is Cc1cc([S+](c2ccccc2)c2ccccc2)cc(C)c1C.[Br-]. The van der Waals surface area contributed by atoms with Crippen molar-refractivity contribution in [2.75, 3.05) is 0 Å². The Kier molecular flexibility index (Phi) is 6.09. The van der Waals surface area contributed by atoms with E-state index < -0.39 is 0 Å². The van der Waals surface area contributed by atoms with Gasteiger partial charge in [0.1, 0.15) is 0 Å². The van der Waals surface area contributed by atoms with Gasteiger partial charge >= 0.3 is 0 Å². The fourth-order valence-electron chi connectivity index (χ4n) is 2.64. The summed E-state index contributed by atoms with van der Waals surface area (Å²) < 4.78 is 0. The molecule has 0 heterocycles. The van der Waals surface area contributed by atoms with Gasteiger partial charge in [-0.2, -0.15) is 0 Å². The summed E-state index contributed by atoms with van der Waals surface area (Å²) in [6.45, 7) is 6.63. The third kappa shape index (κ3) is 3.88. The number of benzene rings is 3. The molecule has 3 aromatic rings. The summed E-state index contributed by atoms with van der Waals surface area (Å²) in [5, 5.41) is 0. The first-order chi connectivity index (χ1) is 10.7. The van der Waals surface area contributed by atoms with Gasteiger partial charge in [-0.25, -0.2) is 0 Å². The van der Waals surface area contributed by atoms with Crippen LogP contribution < -0.4 is 17.0 Å². The van der Waals surface area contributed by atoms with Gasteiger partial charge in [0.2, 0.25) is 0 Å². The van der Waals surface area contributed by atoms with Crippen molar-refractivity contribution in [2.24, 2.45) is 0 Å². The van der Waals surface area contributed by atoms with Crippen molar-refractivity contribution in [1.29, 1.82) is 0 Å². The van der Waals surface area contributed by atoms with Gasteiger partial charge in [0.25, 0.3) is 0 Å². The first-order valence-corrected chi connectivity index (χ1v) is 8.81. The fraction of sp³-hybridized carbons (Fsp3) is 0.143. The Morgan fingerprint density at radius 3 is 1.35 bits per heavy atom. The minimum atomic E-state index is -0.0435. The lowest BCUT2D eigenvalue weighted by molar-refractivity contribution is -0.00000456. The van der Waals surface area contributed by atoms with Crippen molar-refractivity contribution in [3.8, 4) is 0 Å². The highest BCUT2D eigenvalue weighted by atomic mass is 79.9. The summed E-state index contributed by atoms with van der Waals surface area (Å²) in [5.74, 6) is 0. The molecule has 3 aromatic carbocycles. The van der Waals surface area contributed by atoms with Crippen LogP contribution in [0.3, 0.4) is 0 Å². The predicted molar refractivity (Wildman–Crippen MR) is 95.7 cm³/mol. The Bertz CT molecular complexity index is 704. The zero-order valence-electron chi connectivity index (χ0n) is 13.7. The van der Waals surface area contributed by atoms with E-state index in [0.717, 1.165) is 0 Å². The summed E-state index contributed by atoms with van der Waals surface area (Å²) in [6.07, 6.45) is 0. The molecule has 0 spiro atoms. The lowest BCUT2D eigenvalue weighted by Crippen LogP contribution is -3.00. The quantitative estimate of drug-likeness (QED) is 0.609. The fourth-order valence-corrected chi connectivity index (χ4v) is 4.90. The van der Waals surface area contributed by atoms with E-state index in [1.807, 2.05) is 0 Å². The second kappa shape index (κ2) is 7.85. The molecular formula is C21H21BrS. The molecule has 0 N–H and O–H groups in total. The van der Waals surface area contributed by atoms with Crippen molar-refractivity contribution in [3.63, 3.8) is 0 Å². The Morgan fingerprint density at radius 2 is 0.957 bits per heavy atom. The maximum absolute atomic E-state index is 2.35. The number of halogens is 1. The first kappa shape index (κ1) is 17.8. The molecule has 0 aliphatic rings. The van der Waals surface area contributed by atoms with Crippen LogP contribution in [-0.4, -0.2) is 0 Å². The third-order valence-corrected chi connectivity index (χ3v) is 6.29. The lowest BCUT2D eigenvalue weighted by atomic mass is 10.1. The summed E-state index contributed by atoms with van der Waals surface area (Å²) >= 11 is 0. The number of aryl methyl sites for hydroxylation is 2. The normalized spacial score (nSPS) is 10.4. The van der Waals surface area contributed by atoms with E-state index in [9.17, 15) is 0 Å². The number of rotatable bonds is 3. The Hall–Kier alpha value is -1.51. The van der Waals surface area contributed by atoms with Crippen molar-refractivity contribution >= 4 is 10.9 Å². The van der Waals surface area contributed by atoms with Crippen LogP contribution in [0.1, 0.15) is 16.7 Å². The van der Waals surface area contributed by atoms with E-state index >= 15 is 0 Å². The average Bonchev–Trinajstić information content (AvgIpc) is 2.55. The maximum atomic E-state index is 2.35. The molecule has 2 heteroatoms. The highest BCUT2D eigenvalue weighted by Gasteiger charge is 2.28. The minimum Gasteiger partial charge on any atom is -1.00 e. The maximum Gasteiger partial charge on any atom is 0.167 e. The zero-order valence-corrected chi connectivity index (χ0v) is 16.1. The molecule has 0 unspecified atom stereocenters. The van der Waals surface area contributed by atoms with Gasteiger partial charge in [0, 0.05) is 0 Å². The van der Waals surface area contributed by atoms with E-state index in [-0.39, 0.29) is 27.9 Å². The highest BCUT2D eigenvalue weighted by molar-refractivity contribution is 7.97. The molecule has 0 radical (unpaired) electrons. The monoisotopic (exact) mass is 384 g/mol. The van der Waals surface area contributed by atoms with Crippen LogP contribution in [0, 0.1) is 20.8 Å². The molecule has 118 valence electrons. The summed E-state index contributed by atoms with van der Waals surface area (Å²) in [6, 6.07) is 26.3. The van der Waals surface area contributed by atoms with Gasteiger partial charge in [0.15, 0.2) is 14.7 Å². The van der Waals surface area contributed by atoms with E-state index in [1.165, 1.54) is 31.4 Å². The predicted octanol–water partition coefficient (Wildman–Crippen LogP) is 2.71. The van der Waals surface area contributed by atoms with E-state index in [4.69, 9.17) is 0 Å². The number of hydrogen-bond acceptors (Lipinski definition) is 0. The molecule has 0 atom stereocenters. The van der Waals surface area contributed by atoms with Crippen LogP contribution in [-0.2, 0) is 10.9 Å². The van der Waals surface area contributed by atoms with Gasteiger partial charge in [-0.05, 0) is 73.9 Å². The van der Waals surface area contributed by atoms with Crippen molar-refractivity contribution < 1.29 is 17.0 Å². The molecular weight excluding hydrogens is 364 g/mol. The summed E-state index contributed by atoms with van der Waals surface area (Å²) in [4.78, 5) is 4.14. The second-order valence-corrected chi connectivity index (χ2v) is 7.64. The number of hydrogen-bond donors (Lipinski definition) is 0. The Morgan fingerprint density at radius 1 is 0.565 bits per heavy atom. The molecule has 0 fully saturated rings. The summed E-state index contributed by atoms with van der Waals surface area (Å²) in [5.41, 5.74) is 4.15. The molecule has 0 bridgehead atoms. The molecule has 23 heavy (non-hydrogen) atoms. The molecule has 0 saturated carbocycles. The van der Waals surface area contributed by atoms with E-state index in [1.54, 1.807) is 0 Å². The average molecular weight is 385 g/mol. The molecule has 0 nitrogen and oxygen atoms in total.